The van der Waals surface area contributed by atoms with E-state index in [4.69, 9.17) is 20.1 Å². The third kappa shape index (κ3) is 2.02. The fraction of sp³-hybridized carbons (Fsp3) is 0.600. The van der Waals surface area contributed by atoms with Gasteiger partial charge >= 0.3 is 11.9 Å². The minimum absolute atomic E-state index is 1.74. The molecule has 0 fully saturated rings. The van der Waals surface area contributed by atoms with Crippen molar-refractivity contribution in [1.82, 2.24) is 0 Å². The monoisotopic (exact) mass is 150 g/mol. The van der Waals surface area contributed by atoms with Gasteiger partial charge in [0.15, 0.2) is 0 Å². The number of carboxylic acid groups (broad SMARTS) is 2. The number of nitrogens with two attached hydrogens (primary N) is 1. The average Bonchev–Trinajstić information content (AvgIpc) is 1.82. The maximum atomic E-state index is 10.4. The molecule has 10 heavy (non-hydrogen) atoms. The van der Waals surface area contributed by atoms with Gasteiger partial charge in [-0.2, -0.15) is 0 Å². The van der Waals surface area contributed by atoms with Crippen molar-refractivity contribution in [1.29, 1.82) is 0 Å². The molecule has 2 unspecified atom stereocenters. The van der Waals surface area contributed by atoms with Crippen LogP contribution in [-0.4, -0.2) is 28.2 Å². The lowest BCUT2D eigenvalue weighted by Crippen LogP contribution is -2.40. The summed E-state index contributed by atoms with van der Waals surface area (Å²) in [5.74, 6) is -5.69. The van der Waals surface area contributed by atoms with Gasteiger partial charge in [-0.25, -0.2) is 0 Å². The summed E-state index contributed by atoms with van der Waals surface area (Å²) < 4.78 is 20.4. The first-order chi connectivity index (χ1) is 5.71. The van der Waals surface area contributed by atoms with Crippen LogP contribution in [0.25, 0.3) is 0 Å². The summed E-state index contributed by atoms with van der Waals surface area (Å²) in [4.78, 5) is 20.7. The highest BCUT2D eigenvalue weighted by Gasteiger charge is 2.25. The lowest BCUT2D eigenvalue weighted by atomic mass is 10.0. The molecule has 5 heteroatoms. The summed E-state index contributed by atoms with van der Waals surface area (Å²) in [5, 5.41) is 16.8. The molecule has 0 aromatic rings. The molecule has 0 rings (SSSR count). The second kappa shape index (κ2) is 3.17. The fourth-order valence-electron chi connectivity index (χ4n) is 0.266. The fourth-order valence-corrected chi connectivity index (χ4v) is 0.266. The van der Waals surface area contributed by atoms with Gasteiger partial charge in [-0.3, -0.25) is 9.59 Å². The zero-order valence-corrected chi connectivity index (χ0v) is 4.94. The first kappa shape index (κ1) is 4.68. The van der Waals surface area contributed by atoms with Gasteiger partial charge in [-0.15, -0.1) is 0 Å². The van der Waals surface area contributed by atoms with Crippen molar-refractivity contribution in [2.45, 2.75) is 12.9 Å². The van der Waals surface area contributed by atoms with E-state index in [0.717, 1.165) is 0 Å². The number of carboxylic acids is 2. The van der Waals surface area contributed by atoms with Gasteiger partial charge in [-0.05, 0) is 6.88 Å². The minimum Gasteiger partial charge on any atom is -0.481 e. The Hall–Kier alpha value is -1.10. The molecule has 0 bridgehead atoms. The molecule has 0 aromatic carbocycles. The van der Waals surface area contributed by atoms with Crippen LogP contribution < -0.4 is 5.73 Å². The van der Waals surface area contributed by atoms with Gasteiger partial charge in [0, 0.05) is 2.74 Å². The normalized spacial score (nSPS) is 23.6. The molecule has 0 heterocycles. The molecule has 5 nitrogen and oxygen atoms in total. The predicted molar refractivity (Wildman–Crippen MR) is 32.4 cm³/mol. The van der Waals surface area contributed by atoms with Crippen LogP contribution in [0.5, 0.6) is 0 Å². The number of hydrogen-bond acceptors (Lipinski definition) is 3. The van der Waals surface area contributed by atoms with Gasteiger partial charge < -0.3 is 15.9 Å². The van der Waals surface area contributed by atoms with E-state index in [-0.39, 0.29) is 0 Å². The van der Waals surface area contributed by atoms with Gasteiger partial charge in [-0.1, -0.05) is 0 Å². The van der Waals surface area contributed by atoms with Crippen LogP contribution in [0.15, 0.2) is 0 Å². The van der Waals surface area contributed by atoms with E-state index in [2.05, 4.69) is 0 Å². The van der Waals surface area contributed by atoms with Crippen molar-refractivity contribution in [2.24, 2.45) is 11.7 Å². The number of aliphatic carboxylic acids is 2. The third-order valence-corrected chi connectivity index (χ3v) is 0.848. The Morgan fingerprint density at radius 3 is 2.20 bits per heavy atom. The Morgan fingerprint density at radius 2 is 2.10 bits per heavy atom. The molecule has 0 aliphatic carbocycles. The Kier molecular flexibility index (Phi) is 1.48. The van der Waals surface area contributed by atoms with E-state index in [0.29, 0.717) is 0 Å². The van der Waals surface area contributed by atoms with Crippen LogP contribution in [-0.2, 0) is 9.59 Å². The van der Waals surface area contributed by atoms with E-state index < -0.39 is 30.8 Å². The molecule has 58 valence electrons. The van der Waals surface area contributed by atoms with Gasteiger partial charge in [0.1, 0.15) is 6.02 Å². The number of carbonyl (C=O) groups is 2. The molecule has 4 N–H and O–H groups in total. The summed E-state index contributed by atoms with van der Waals surface area (Å²) in [6, 6.07) is -2.85. The van der Waals surface area contributed by atoms with Gasteiger partial charge in [0.2, 0.25) is 0 Å². The third-order valence-electron chi connectivity index (χ3n) is 0.848. The highest BCUT2D eigenvalue weighted by atomic mass is 16.4. The Morgan fingerprint density at radius 1 is 1.60 bits per heavy atom. The number of rotatable bonds is 3. The maximum absolute atomic E-state index is 10.4. The van der Waals surface area contributed by atoms with Crippen LogP contribution in [0.2, 0.25) is 0 Å². The summed E-state index contributed by atoms with van der Waals surface area (Å²) in [7, 11) is 0. The zero-order valence-electron chi connectivity index (χ0n) is 7.94. The highest BCUT2D eigenvalue weighted by Crippen LogP contribution is 1.99. The quantitative estimate of drug-likeness (QED) is 0.485. The van der Waals surface area contributed by atoms with E-state index in [1.165, 1.54) is 0 Å². The van der Waals surface area contributed by atoms with Crippen LogP contribution >= 0.6 is 0 Å². The molecule has 0 amide bonds. The lowest BCUT2D eigenvalue weighted by Gasteiger charge is -2.09. The molecule has 0 saturated heterocycles. The van der Waals surface area contributed by atoms with Crippen molar-refractivity contribution < 1.29 is 23.9 Å². The van der Waals surface area contributed by atoms with Gasteiger partial charge in [0.05, 0.1) is 7.29 Å². The molecule has 0 radical (unpaired) electrons. The van der Waals surface area contributed by atoms with Crippen LogP contribution in [0, 0.1) is 5.92 Å². The first-order valence-electron chi connectivity index (χ1n) is 3.96. The number of hydrogen-bond donors (Lipinski definition) is 3. The van der Waals surface area contributed by atoms with E-state index in [1.54, 1.807) is 0 Å². The van der Waals surface area contributed by atoms with Crippen LogP contribution in [0.1, 0.15) is 11.0 Å². The van der Waals surface area contributed by atoms with Crippen LogP contribution in [0.4, 0.5) is 0 Å². The maximum Gasteiger partial charge on any atom is 0.321 e. The molecule has 0 aromatic heterocycles. The summed E-state index contributed by atoms with van der Waals surface area (Å²) >= 11 is 0. The topological polar surface area (TPSA) is 101 Å². The van der Waals surface area contributed by atoms with Crippen molar-refractivity contribution in [2.75, 3.05) is 0 Å². The lowest BCUT2D eigenvalue weighted by molar-refractivity contribution is -0.149. The van der Waals surface area contributed by atoms with E-state index >= 15 is 0 Å². The first-order valence-corrected chi connectivity index (χ1v) is 2.30. The highest BCUT2D eigenvalue weighted by molar-refractivity contribution is 5.82. The SMILES string of the molecule is [2H]C([2H])C(C(=O)O)C([2H])(N)C(=O)O. The molecule has 0 aliphatic rings. The summed E-state index contributed by atoms with van der Waals surface area (Å²) in [6.45, 7) is -2.00. The van der Waals surface area contributed by atoms with Crippen molar-refractivity contribution >= 4 is 11.9 Å². The summed E-state index contributed by atoms with van der Waals surface area (Å²) in [6.07, 6.45) is 0. The largest absolute Gasteiger partial charge is 0.481 e. The molecular formula is C5H9NO4. The molecule has 0 aliphatic heterocycles. The molecule has 0 spiro atoms. The molecule has 2 atom stereocenters. The second-order valence-electron chi connectivity index (χ2n) is 1.58. The van der Waals surface area contributed by atoms with E-state index in [9.17, 15) is 9.59 Å². The predicted octanol–water partition coefficient (Wildman–Crippen LogP) is -0.881. The second-order valence-corrected chi connectivity index (χ2v) is 1.58. The standard InChI is InChI=1S/C5H9NO4/c1-2(4(7)8)3(6)5(9)10/h2-3H,6H2,1H3,(H,7,8)(H,9,10)/i1D2,3D. The van der Waals surface area contributed by atoms with E-state index in [1.807, 2.05) is 0 Å². The summed E-state index contributed by atoms with van der Waals surface area (Å²) in [5.41, 5.74) is 4.85. The van der Waals surface area contributed by atoms with Crippen molar-refractivity contribution in [3.63, 3.8) is 0 Å². The zero-order chi connectivity index (χ0) is 10.8. The van der Waals surface area contributed by atoms with Gasteiger partial charge in [0.25, 0.3) is 0 Å². The average molecular weight is 150 g/mol. The van der Waals surface area contributed by atoms with Crippen molar-refractivity contribution in [3.8, 4) is 0 Å². The smallest absolute Gasteiger partial charge is 0.321 e. The van der Waals surface area contributed by atoms with Crippen molar-refractivity contribution in [3.05, 3.63) is 0 Å². The Bertz CT molecular complexity index is 230. The van der Waals surface area contributed by atoms with Crippen LogP contribution in [0.3, 0.4) is 0 Å². The molecule has 0 saturated carbocycles. The Labute approximate surface area is 61.7 Å². The molecular weight excluding hydrogens is 138 g/mol. The minimum atomic E-state index is -2.85. The Balaban J connectivity index is 4.94.